The Balaban J connectivity index is -0.00000450. The normalized spacial score (nSPS) is 11.0. The molecule has 184 valence electrons. The third-order valence-electron chi connectivity index (χ3n) is 6.70. The summed E-state index contributed by atoms with van der Waals surface area (Å²) in [5.74, 6) is -2.92. The fourth-order valence-electron chi connectivity index (χ4n) is 4.45. The average molecular weight is 453 g/mol. The van der Waals surface area contributed by atoms with Crippen LogP contribution < -0.4 is 47.9 Å². The molecule has 0 bridgehead atoms. The Morgan fingerprint density at radius 1 is 0.455 bits per heavy atom. The molecule has 0 aromatic rings. The van der Waals surface area contributed by atoms with Gasteiger partial charge in [0.05, 0.1) is 11.9 Å². The first-order valence-electron chi connectivity index (χ1n) is 13.4. The number of hydrogen-bond donors (Lipinski definition) is 0. The van der Waals surface area contributed by atoms with Crippen LogP contribution in [0.2, 0.25) is 0 Å². The smallest absolute Gasteiger partial charge is 0.549 e. The van der Waals surface area contributed by atoms with Crippen molar-refractivity contribution in [3.63, 3.8) is 0 Å². The van der Waals surface area contributed by atoms with Crippen LogP contribution in [0.25, 0.3) is 0 Å². The third-order valence-corrected chi connectivity index (χ3v) is 6.70. The summed E-state index contributed by atoms with van der Waals surface area (Å²) in [4.78, 5) is 23.4. The average Bonchev–Trinajstić information content (AvgIpc) is 2.74. The van der Waals surface area contributed by atoms with Crippen molar-refractivity contribution in [1.29, 1.82) is 0 Å². The van der Waals surface area contributed by atoms with E-state index in [-0.39, 0.29) is 50.6 Å². The molecule has 0 aliphatic carbocycles. The number of aliphatic carboxylic acids is 2. The summed E-state index contributed by atoms with van der Waals surface area (Å²) >= 11 is 0. The molecule has 33 heavy (non-hydrogen) atoms. The van der Waals surface area contributed by atoms with Crippen LogP contribution in [0.1, 0.15) is 155 Å². The van der Waals surface area contributed by atoms with Gasteiger partial charge in [-0.15, -0.1) is 0 Å². The molecule has 0 saturated carbocycles. The van der Waals surface area contributed by atoms with Crippen molar-refractivity contribution in [3.8, 4) is 0 Å². The Labute approximate surface area is 229 Å². The summed E-state index contributed by atoms with van der Waals surface area (Å²) in [6, 6.07) is 0. The Morgan fingerprint density at radius 3 is 0.879 bits per heavy atom. The largest absolute Gasteiger partial charge is 1.00 e. The molecule has 0 saturated heterocycles. The second kappa shape index (κ2) is 26.7. The van der Waals surface area contributed by atoms with Gasteiger partial charge in [0.2, 0.25) is 0 Å². The van der Waals surface area contributed by atoms with Crippen LogP contribution >= 0.6 is 0 Å². The van der Waals surface area contributed by atoms with Crippen LogP contribution in [0, 0.1) is 5.41 Å². The number of carbonyl (C=O) groups excluding carboxylic acids is 2. The standard InChI is InChI=1S/C27H52O4.2Li/c1-3-5-7-9-11-13-15-17-19-21-23-27(25(28)29,26(30)31)24-22-20-18-16-14-12-10-8-6-4-2;;/h3-24H2,1-2H3,(H,28,29)(H,30,31);;/q;2*+1/p-2. The van der Waals surface area contributed by atoms with E-state index >= 15 is 0 Å². The van der Waals surface area contributed by atoms with Crippen LogP contribution in [0.4, 0.5) is 0 Å². The Bertz CT molecular complexity index is 404. The number of hydrogen-bond acceptors (Lipinski definition) is 4. The van der Waals surface area contributed by atoms with Crippen molar-refractivity contribution in [2.45, 2.75) is 155 Å². The maximum atomic E-state index is 11.7. The fraction of sp³-hybridized carbons (Fsp3) is 0.926. The van der Waals surface area contributed by atoms with Crippen LogP contribution in [0.3, 0.4) is 0 Å². The molecule has 0 N–H and O–H groups in total. The molecule has 0 spiro atoms. The van der Waals surface area contributed by atoms with Gasteiger partial charge in [-0.25, -0.2) is 0 Å². The molecule has 0 aliphatic rings. The Hall–Kier alpha value is 0.135. The number of carboxylic acid groups (broad SMARTS) is 2. The molecule has 0 radical (unpaired) electrons. The summed E-state index contributed by atoms with van der Waals surface area (Å²) in [7, 11) is 0. The van der Waals surface area contributed by atoms with Crippen molar-refractivity contribution in [2.24, 2.45) is 5.41 Å². The molecule has 0 unspecified atom stereocenters. The minimum Gasteiger partial charge on any atom is -0.549 e. The van der Waals surface area contributed by atoms with Gasteiger partial charge in [0.15, 0.2) is 0 Å². The number of rotatable bonds is 24. The summed E-state index contributed by atoms with van der Waals surface area (Å²) in [5.41, 5.74) is -1.81. The molecule has 4 nitrogen and oxygen atoms in total. The van der Waals surface area contributed by atoms with E-state index < -0.39 is 17.4 Å². The summed E-state index contributed by atoms with van der Waals surface area (Å²) < 4.78 is 0. The second-order valence-corrected chi connectivity index (χ2v) is 9.52. The first-order chi connectivity index (χ1) is 15.0. The predicted molar refractivity (Wildman–Crippen MR) is 125 cm³/mol. The van der Waals surface area contributed by atoms with Crippen LogP contribution in [0.15, 0.2) is 0 Å². The van der Waals surface area contributed by atoms with Crippen molar-refractivity contribution in [1.82, 2.24) is 0 Å². The van der Waals surface area contributed by atoms with Crippen LogP contribution in [-0.4, -0.2) is 11.9 Å². The minimum absolute atomic E-state index is 0. The van der Waals surface area contributed by atoms with Crippen LogP contribution in [-0.2, 0) is 9.59 Å². The van der Waals surface area contributed by atoms with Crippen molar-refractivity contribution >= 4 is 11.9 Å². The maximum Gasteiger partial charge on any atom is 1.00 e. The molecule has 0 amide bonds. The quantitative estimate of drug-likeness (QED) is 0.118. The molecule has 0 aromatic carbocycles. The fourth-order valence-corrected chi connectivity index (χ4v) is 4.45. The van der Waals surface area contributed by atoms with Gasteiger partial charge < -0.3 is 19.8 Å². The number of unbranched alkanes of at least 4 members (excludes halogenated alkanes) is 18. The SMILES string of the molecule is CCCCCCCCCCCCC(CCCCCCCCCCCC)(C(=O)[O-])C(=O)[O-].[Li+].[Li+]. The van der Waals surface area contributed by atoms with E-state index in [1.165, 1.54) is 77.0 Å². The molecule has 6 heteroatoms. The number of carbonyl (C=O) groups is 2. The van der Waals surface area contributed by atoms with Gasteiger partial charge in [-0.05, 0) is 12.8 Å². The predicted octanol–water partition coefficient (Wildman–Crippen LogP) is 0.103. The first kappa shape index (κ1) is 37.7. The van der Waals surface area contributed by atoms with Crippen molar-refractivity contribution in [2.75, 3.05) is 0 Å². The topological polar surface area (TPSA) is 80.3 Å². The van der Waals surface area contributed by atoms with Crippen molar-refractivity contribution < 1.29 is 57.5 Å². The van der Waals surface area contributed by atoms with E-state index in [1.807, 2.05) is 0 Å². The van der Waals surface area contributed by atoms with Gasteiger partial charge in [-0.2, -0.15) is 0 Å². The van der Waals surface area contributed by atoms with E-state index in [9.17, 15) is 19.8 Å². The minimum atomic E-state index is -1.81. The van der Waals surface area contributed by atoms with E-state index in [2.05, 4.69) is 13.8 Å². The van der Waals surface area contributed by atoms with Gasteiger partial charge in [0, 0.05) is 5.41 Å². The van der Waals surface area contributed by atoms with E-state index in [0.29, 0.717) is 12.8 Å². The molecular formula is C27H50Li2O4. The molecule has 0 rings (SSSR count). The van der Waals surface area contributed by atoms with Gasteiger partial charge >= 0.3 is 37.7 Å². The van der Waals surface area contributed by atoms with Gasteiger partial charge in [-0.1, -0.05) is 142 Å². The molecule has 0 fully saturated rings. The van der Waals surface area contributed by atoms with E-state index in [4.69, 9.17) is 0 Å². The van der Waals surface area contributed by atoms with Crippen molar-refractivity contribution in [3.05, 3.63) is 0 Å². The summed E-state index contributed by atoms with van der Waals surface area (Å²) in [5, 5.41) is 23.4. The second-order valence-electron chi connectivity index (χ2n) is 9.52. The Kier molecular flexibility index (Phi) is 30.5. The third kappa shape index (κ3) is 20.1. The van der Waals surface area contributed by atoms with Crippen LogP contribution in [0.5, 0.6) is 0 Å². The molecule has 0 aliphatic heterocycles. The van der Waals surface area contributed by atoms with E-state index in [0.717, 1.165) is 38.5 Å². The summed E-state index contributed by atoms with van der Waals surface area (Å²) in [6.07, 6.45) is 23.0. The zero-order valence-corrected chi connectivity index (χ0v) is 22.7. The monoisotopic (exact) mass is 452 g/mol. The zero-order valence-electron chi connectivity index (χ0n) is 22.7. The summed E-state index contributed by atoms with van der Waals surface area (Å²) in [6.45, 7) is 4.44. The van der Waals surface area contributed by atoms with Gasteiger partial charge in [0.1, 0.15) is 0 Å². The zero-order chi connectivity index (χ0) is 23.2. The Morgan fingerprint density at radius 2 is 0.667 bits per heavy atom. The van der Waals surface area contributed by atoms with Gasteiger partial charge in [0.25, 0.3) is 0 Å². The number of carboxylic acids is 2. The molecule has 0 atom stereocenters. The maximum absolute atomic E-state index is 11.7. The van der Waals surface area contributed by atoms with Gasteiger partial charge in [-0.3, -0.25) is 0 Å². The molecule has 0 heterocycles. The molecule has 0 aromatic heterocycles. The first-order valence-corrected chi connectivity index (χ1v) is 13.4. The molecular weight excluding hydrogens is 402 g/mol. The van der Waals surface area contributed by atoms with E-state index in [1.54, 1.807) is 0 Å².